The lowest BCUT2D eigenvalue weighted by atomic mass is 10.1. The van der Waals surface area contributed by atoms with Crippen LogP contribution in [0.25, 0.3) is 22.2 Å². The maximum atomic E-state index is 15.4. The number of fused-ring (bicyclic) bond motifs is 1. The molecule has 0 saturated carbocycles. The molecule has 6 nitrogen and oxygen atoms in total. The number of aromatic nitrogens is 3. The van der Waals surface area contributed by atoms with E-state index < -0.39 is 11.6 Å². The first-order valence-electron chi connectivity index (χ1n) is 10.5. The molecule has 170 valence electrons. The minimum atomic E-state index is -0.668. The Hall–Kier alpha value is -4.33. The molecule has 0 bridgehead atoms. The van der Waals surface area contributed by atoms with Gasteiger partial charge in [0.25, 0.3) is 0 Å². The molecule has 8 heteroatoms. The smallest absolute Gasteiger partial charge is 0.191 e. The number of allylic oxidation sites excluding steroid dienone is 1. The number of benzene rings is 1. The summed E-state index contributed by atoms with van der Waals surface area (Å²) in [5.74, 6) is -1.25. The number of aliphatic imine (C=N–C) groups is 2. The van der Waals surface area contributed by atoms with E-state index in [1.54, 1.807) is 36.7 Å². The Morgan fingerprint density at radius 3 is 2.65 bits per heavy atom. The van der Waals surface area contributed by atoms with Crippen molar-refractivity contribution >= 4 is 23.3 Å². The fourth-order valence-electron chi connectivity index (χ4n) is 3.56. The van der Waals surface area contributed by atoms with Gasteiger partial charge in [0.15, 0.2) is 11.6 Å². The summed E-state index contributed by atoms with van der Waals surface area (Å²) in [7, 11) is 1.50. The molecule has 0 spiro atoms. The number of aryl methyl sites for hydroxylation is 1. The molecule has 34 heavy (non-hydrogen) atoms. The maximum absolute atomic E-state index is 15.4. The first kappa shape index (κ1) is 22.8. The third-order valence-corrected chi connectivity index (χ3v) is 5.20. The third kappa shape index (κ3) is 4.85. The Morgan fingerprint density at radius 2 is 1.91 bits per heavy atom. The molecule has 4 aromatic rings. The van der Waals surface area contributed by atoms with Crippen molar-refractivity contribution in [1.82, 2.24) is 20.3 Å². The van der Waals surface area contributed by atoms with Gasteiger partial charge in [-0.3, -0.25) is 19.9 Å². The molecule has 0 fully saturated rings. The SMILES string of the molecule is C=N/C(NCc1cnc(-c2ccnc(C)c2)c(F)c1)=C(F)\C(=N/C)c1ccc2ncccc2c1. The summed E-state index contributed by atoms with van der Waals surface area (Å²) >= 11 is 0. The van der Waals surface area contributed by atoms with Crippen molar-refractivity contribution in [2.24, 2.45) is 9.98 Å². The number of pyridine rings is 3. The van der Waals surface area contributed by atoms with Crippen molar-refractivity contribution in [3.8, 4) is 11.3 Å². The van der Waals surface area contributed by atoms with Gasteiger partial charge < -0.3 is 5.32 Å². The number of nitrogens with zero attached hydrogens (tertiary/aromatic N) is 5. The van der Waals surface area contributed by atoms with Gasteiger partial charge in [-0.1, -0.05) is 12.1 Å². The van der Waals surface area contributed by atoms with Gasteiger partial charge in [-0.05, 0) is 55.6 Å². The Morgan fingerprint density at radius 1 is 1.06 bits per heavy atom. The number of rotatable bonds is 7. The maximum Gasteiger partial charge on any atom is 0.191 e. The van der Waals surface area contributed by atoms with Gasteiger partial charge in [-0.15, -0.1) is 0 Å². The van der Waals surface area contributed by atoms with Crippen molar-refractivity contribution in [3.63, 3.8) is 0 Å². The van der Waals surface area contributed by atoms with Crippen LogP contribution in [0, 0.1) is 12.7 Å². The van der Waals surface area contributed by atoms with Crippen molar-refractivity contribution in [2.75, 3.05) is 7.05 Å². The summed E-state index contributed by atoms with van der Waals surface area (Å²) in [6.45, 7) is 5.39. The van der Waals surface area contributed by atoms with Crippen molar-refractivity contribution in [3.05, 3.63) is 101 Å². The van der Waals surface area contributed by atoms with E-state index in [0.29, 0.717) is 16.7 Å². The van der Waals surface area contributed by atoms with E-state index in [1.807, 2.05) is 25.1 Å². The minimum absolute atomic E-state index is 0.0962. The average molecular weight is 457 g/mol. The standard InChI is InChI=1S/C26H22F2N6/c1-16-11-20(8-10-31-16)24-21(27)12-17(14-33-24)15-34-26(30-3)23(28)25(29-2)19-6-7-22-18(13-19)5-4-9-32-22/h4-14,34H,3,15H2,1-2H3/b26-23-,29-25-. The van der Waals surface area contributed by atoms with Gasteiger partial charge in [0.1, 0.15) is 17.2 Å². The predicted molar refractivity (Wildman–Crippen MR) is 131 cm³/mol. The van der Waals surface area contributed by atoms with Crippen LogP contribution < -0.4 is 5.32 Å². The van der Waals surface area contributed by atoms with Crippen LogP contribution in [0.15, 0.2) is 88.8 Å². The van der Waals surface area contributed by atoms with Gasteiger partial charge in [-0.25, -0.2) is 13.8 Å². The van der Waals surface area contributed by atoms with E-state index in [4.69, 9.17) is 0 Å². The van der Waals surface area contributed by atoms with Crippen LogP contribution in [-0.4, -0.2) is 34.4 Å². The fraction of sp³-hybridized carbons (Fsp3) is 0.115. The zero-order valence-electron chi connectivity index (χ0n) is 18.8. The highest BCUT2D eigenvalue weighted by Crippen LogP contribution is 2.22. The highest BCUT2D eigenvalue weighted by Gasteiger charge is 2.16. The van der Waals surface area contributed by atoms with Gasteiger partial charge >= 0.3 is 0 Å². The molecule has 0 aliphatic rings. The highest BCUT2D eigenvalue weighted by atomic mass is 19.1. The van der Waals surface area contributed by atoms with Crippen LogP contribution in [0.2, 0.25) is 0 Å². The molecule has 3 aromatic heterocycles. The van der Waals surface area contributed by atoms with Crippen LogP contribution >= 0.6 is 0 Å². The van der Waals surface area contributed by atoms with Crippen LogP contribution in [-0.2, 0) is 6.54 Å². The lowest BCUT2D eigenvalue weighted by Gasteiger charge is -2.11. The second-order valence-electron chi connectivity index (χ2n) is 7.52. The zero-order valence-corrected chi connectivity index (χ0v) is 18.8. The lowest BCUT2D eigenvalue weighted by molar-refractivity contribution is 0.617. The largest absolute Gasteiger partial charge is 0.363 e. The van der Waals surface area contributed by atoms with Gasteiger partial charge in [0, 0.05) is 54.4 Å². The molecular weight excluding hydrogens is 434 g/mol. The first-order valence-corrected chi connectivity index (χ1v) is 10.5. The lowest BCUT2D eigenvalue weighted by Crippen LogP contribution is -2.16. The second-order valence-corrected chi connectivity index (χ2v) is 7.52. The molecular formula is C26H22F2N6. The quantitative estimate of drug-likeness (QED) is 0.389. The first-order chi connectivity index (χ1) is 16.5. The summed E-state index contributed by atoms with van der Waals surface area (Å²) in [6, 6.07) is 13.9. The zero-order chi connectivity index (χ0) is 24.1. The molecule has 1 aromatic carbocycles. The predicted octanol–water partition coefficient (Wildman–Crippen LogP) is 5.19. The molecule has 0 saturated heterocycles. The highest BCUT2D eigenvalue weighted by molar-refractivity contribution is 6.12. The molecule has 4 rings (SSSR count). The Kier molecular flexibility index (Phi) is 6.77. The Labute approximate surface area is 195 Å². The average Bonchev–Trinajstić information content (AvgIpc) is 2.85. The normalized spacial score (nSPS) is 12.4. The van der Waals surface area contributed by atoms with E-state index in [-0.39, 0.29) is 23.8 Å². The minimum Gasteiger partial charge on any atom is -0.363 e. The van der Waals surface area contributed by atoms with Gasteiger partial charge in [0.05, 0.1) is 5.52 Å². The van der Waals surface area contributed by atoms with E-state index in [2.05, 4.69) is 37.0 Å². The molecule has 0 radical (unpaired) electrons. The van der Waals surface area contributed by atoms with Crippen molar-refractivity contribution in [1.29, 1.82) is 0 Å². The summed E-state index contributed by atoms with van der Waals surface area (Å²) in [6.07, 6.45) is 4.84. The number of hydrogen-bond donors (Lipinski definition) is 1. The molecule has 3 heterocycles. The third-order valence-electron chi connectivity index (χ3n) is 5.20. The summed E-state index contributed by atoms with van der Waals surface area (Å²) in [4.78, 5) is 20.5. The van der Waals surface area contributed by atoms with Crippen LogP contribution in [0.3, 0.4) is 0 Å². The second kappa shape index (κ2) is 10.1. The number of halogens is 2. The molecule has 1 N–H and O–H groups in total. The van der Waals surface area contributed by atoms with Gasteiger partial charge in [0.2, 0.25) is 0 Å². The van der Waals surface area contributed by atoms with E-state index in [0.717, 1.165) is 16.6 Å². The van der Waals surface area contributed by atoms with Crippen LogP contribution in [0.5, 0.6) is 0 Å². The summed E-state index contributed by atoms with van der Waals surface area (Å²) in [5.41, 5.74) is 3.64. The topological polar surface area (TPSA) is 75.4 Å². The van der Waals surface area contributed by atoms with Gasteiger partial charge in [-0.2, -0.15) is 0 Å². The summed E-state index contributed by atoms with van der Waals surface area (Å²) in [5, 5.41) is 3.73. The van der Waals surface area contributed by atoms with E-state index in [9.17, 15) is 4.39 Å². The fourth-order valence-corrected chi connectivity index (χ4v) is 3.56. The summed E-state index contributed by atoms with van der Waals surface area (Å²) < 4.78 is 30.1. The molecule has 0 aliphatic carbocycles. The Balaban J connectivity index is 1.56. The number of nitrogens with one attached hydrogen (secondary N) is 1. The molecule has 0 amide bonds. The van der Waals surface area contributed by atoms with Crippen molar-refractivity contribution < 1.29 is 8.78 Å². The molecule has 0 unspecified atom stereocenters. The van der Waals surface area contributed by atoms with Crippen LogP contribution in [0.4, 0.5) is 8.78 Å². The monoisotopic (exact) mass is 456 g/mol. The van der Waals surface area contributed by atoms with E-state index in [1.165, 1.54) is 19.3 Å². The van der Waals surface area contributed by atoms with E-state index >= 15 is 4.39 Å². The van der Waals surface area contributed by atoms with Crippen LogP contribution in [0.1, 0.15) is 16.8 Å². The molecule has 0 aliphatic heterocycles. The Bertz CT molecular complexity index is 1430. The number of hydrogen-bond acceptors (Lipinski definition) is 6. The molecule has 0 atom stereocenters. The van der Waals surface area contributed by atoms with Crippen molar-refractivity contribution in [2.45, 2.75) is 13.5 Å².